The summed E-state index contributed by atoms with van der Waals surface area (Å²) in [6, 6.07) is 10.3. The minimum absolute atomic E-state index is 0.129. The van der Waals surface area contributed by atoms with Gasteiger partial charge in [0, 0.05) is 19.0 Å². The molecule has 0 heterocycles. The largest absolute Gasteiger partial charge is 0.497 e. The summed E-state index contributed by atoms with van der Waals surface area (Å²) in [5.74, 6) is 0.213. The summed E-state index contributed by atoms with van der Waals surface area (Å²) >= 11 is 33.6. The fraction of sp³-hybridized carbons (Fsp3) is 0.176. The molecule has 0 aliphatic heterocycles. The maximum Gasteiger partial charge on any atom is 0.252 e. The molecule has 156 valence electrons. The summed E-state index contributed by atoms with van der Waals surface area (Å²) in [6.45, 7) is 0. The van der Waals surface area contributed by atoms with E-state index in [4.69, 9.17) is 51.8 Å². The Morgan fingerprint density at radius 3 is 2.10 bits per heavy atom. The van der Waals surface area contributed by atoms with E-state index in [2.05, 4.69) is 63.7 Å². The van der Waals surface area contributed by atoms with Crippen molar-refractivity contribution in [1.82, 2.24) is 10.6 Å². The van der Waals surface area contributed by atoms with E-state index >= 15 is 0 Å². The van der Waals surface area contributed by atoms with Gasteiger partial charge in [-0.3, -0.25) is 4.79 Å². The van der Waals surface area contributed by atoms with Crippen LogP contribution in [0.3, 0.4) is 0 Å². The van der Waals surface area contributed by atoms with Crippen LogP contribution in [0.5, 0.6) is 5.75 Å². The number of carbonyl (C=O) groups excluding carboxylic acids is 1. The van der Waals surface area contributed by atoms with E-state index in [0.29, 0.717) is 25.9 Å². The first-order chi connectivity index (χ1) is 13.5. The molecule has 0 unspecified atom stereocenters. The first-order valence-electron chi connectivity index (χ1n) is 7.75. The van der Waals surface area contributed by atoms with E-state index in [1.807, 2.05) is 0 Å². The summed E-state index contributed by atoms with van der Waals surface area (Å²) in [7, 11) is 1.56. The minimum Gasteiger partial charge on any atom is -0.497 e. The molecule has 0 saturated heterocycles. The molecule has 0 radical (unpaired) electrons. The lowest BCUT2D eigenvalue weighted by molar-refractivity contribution is 0.0934. The average molecular weight is 669 g/mol. The molecule has 3 N–H and O–H groups in total. The Balaban J connectivity index is 2.13. The molecule has 12 heteroatoms. The van der Waals surface area contributed by atoms with Crippen molar-refractivity contribution in [2.75, 3.05) is 12.4 Å². The third kappa shape index (κ3) is 7.41. The predicted molar refractivity (Wildman–Crippen MR) is 133 cm³/mol. The number of benzene rings is 2. The number of methoxy groups -OCH3 is 1. The predicted octanol–water partition coefficient (Wildman–Crippen LogP) is 6.40. The van der Waals surface area contributed by atoms with Crippen molar-refractivity contribution in [3.63, 3.8) is 0 Å². The van der Waals surface area contributed by atoms with Crippen LogP contribution in [0, 0.1) is 0 Å². The number of ether oxygens (including phenoxy) is 1. The molecular weight excluding hydrogens is 656 g/mol. The first-order valence-corrected chi connectivity index (χ1v) is 11.7. The van der Waals surface area contributed by atoms with Crippen molar-refractivity contribution < 1.29 is 9.53 Å². The van der Waals surface area contributed by atoms with Gasteiger partial charge in [-0.05, 0) is 80.5 Å². The second-order valence-corrected chi connectivity index (χ2v) is 10.9. The normalized spacial score (nSPS) is 12.1. The molecule has 1 atom stereocenters. The molecule has 1 amide bonds. The summed E-state index contributed by atoms with van der Waals surface area (Å²) in [5.41, 5.74) is 1.03. The van der Waals surface area contributed by atoms with Crippen LogP contribution < -0.4 is 20.7 Å². The molecule has 5 nitrogen and oxygen atoms in total. The van der Waals surface area contributed by atoms with Gasteiger partial charge in [0.15, 0.2) is 5.11 Å². The van der Waals surface area contributed by atoms with Crippen molar-refractivity contribution in [2.24, 2.45) is 0 Å². The van der Waals surface area contributed by atoms with Gasteiger partial charge in [0.25, 0.3) is 5.91 Å². The van der Waals surface area contributed by atoms with Crippen LogP contribution in [0.4, 0.5) is 5.69 Å². The molecule has 0 aromatic heterocycles. The van der Waals surface area contributed by atoms with E-state index in [0.717, 1.165) is 4.47 Å². The molecule has 0 aliphatic carbocycles. The lowest BCUT2D eigenvalue weighted by Gasteiger charge is -2.28. The van der Waals surface area contributed by atoms with Gasteiger partial charge in [-0.15, -0.1) is 0 Å². The number of hydrogen-bond acceptors (Lipinski definition) is 3. The Morgan fingerprint density at radius 1 is 1.07 bits per heavy atom. The minimum atomic E-state index is -1.87. The summed E-state index contributed by atoms with van der Waals surface area (Å²) < 4.78 is 5.55. The molecule has 0 fully saturated rings. The SMILES string of the molecule is COc1cc(Br)c(NC(=S)N[C@H](NC(=O)c2ccc(Br)cc2)C(Cl)(Cl)Cl)c(Br)c1. The number of alkyl halides is 3. The van der Waals surface area contributed by atoms with Crippen LogP contribution in [0.2, 0.25) is 0 Å². The van der Waals surface area contributed by atoms with Crippen molar-refractivity contribution in [3.8, 4) is 5.75 Å². The van der Waals surface area contributed by atoms with Crippen molar-refractivity contribution >= 4 is 112 Å². The molecule has 0 spiro atoms. The van der Waals surface area contributed by atoms with Gasteiger partial charge in [-0.2, -0.15) is 0 Å². The topological polar surface area (TPSA) is 62.4 Å². The molecular formula is C17H13Br3Cl3N3O2S. The van der Waals surface area contributed by atoms with E-state index in [-0.39, 0.29) is 5.11 Å². The number of carbonyl (C=O) groups is 1. The van der Waals surface area contributed by atoms with Gasteiger partial charge < -0.3 is 20.7 Å². The zero-order valence-electron chi connectivity index (χ0n) is 14.5. The number of halogens is 6. The summed E-state index contributed by atoms with van der Waals surface area (Å²) in [4.78, 5) is 12.5. The number of amides is 1. The number of rotatable bonds is 5. The zero-order chi connectivity index (χ0) is 21.8. The highest BCUT2D eigenvalue weighted by molar-refractivity contribution is 9.11. The van der Waals surface area contributed by atoms with Crippen LogP contribution in [-0.2, 0) is 0 Å². The zero-order valence-corrected chi connectivity index (χ0v) is 22.4. The van der Waals surface area contributed by atoms with Crippen LogP contribution in [0.1, 0.15) is 10.4 Å². The lowest BCUT2D eigenvalue weighted by Crippen LogP contribution is -2.56. The fourth-order valence-electron chi connectivity index (χ4n) is 2.08. The number of thiocarbonyl (C=S) groups is 1. The first kappa shape index (κ1) is 25.0. The fourth-order valence-corrected chi connectivity index (χ4v) is 4.24. The second kappa shape index (κ2) is 10.8. The van der Waals surface area contributed by atoms with Gasteiger partial charge in [0.1, 0.15) is 11.9 Å². The molecule has 29 heavy (non-hydrogen) atoms. The van der Waals surface area contributed by atoms with Crippen LogP contribution in [0.15, 0.2) is 49.8 Å². The monoisotopic (exact) mass is 665 g/mol. The number of nitrogens with one attached hydrogen (secondary N) is 3. The molecule has 2 rings (SSSR count). The van der Waals surface area contributed by atoms with E-state index in [1.54, 1.807) is 43.5 Å². The van der Waals surface area contributed by atoms with E-state index in [9.17, 15) is 4.79 Å². The highest BCUT2D eigenvalue weighted by Crippen LogP contribution is 2.35. The maximum absolute atomic E-state index is 12.5. The van der Waals surface area contributed by atoms with E-state index < -0.39 is 15.9 Å². The number of anilines is 1. The molecule has 2 aromatic rings. The highest BCUT2D eigenvalue weighted by atomic mass is 79.9. The Morgan fingerprint density at radius 2 is 1.62 bits per heavy atom. The molecule has 2 aromatic carbocycles. The smallest absolute Gasteiger partial charge is 0.252 e. The Hall–Kier alpha value is -0.290. The average Bonchev–Trinajstić information content (AvgIpc) is 2.63. The standard InChI is InChI=1S/C17H13Br3Cl3N3O2S/c1-28-10-6-11(19)13(12(20)7-10)24-16(29)26-15(17(21,22)23)25-14(27)8-2-4-9(18)5-3-8/h2-7,15H,1H3,(H,25,27)(H2,24,26,29)/t15-/m0/s1. The van der Waals surface area contributed by atoms with Crippen LogP contribution in [0.25, 0.3) is 0 Å². The third-order valence-electron chi connectivity index (χ3n) is 3.47. The summed E-state index contributed by atoms with van der Waals surface area (Å²) in [6.07, 6.45) is -1.10. The van der Waals surface area contributed by atoms with Crippen molar-refractivity contribution in [3.05, 3.63) is 55.4 Å². The van der Waals surface area contributed by atoms with Gasteiger partial charge >= 0.3 is 0 Å². The maximum atomic E-state index is 12.5. The molecule has 0 aliphatic rings. The van der Waals surface area contributed by atoms with E-state index in [1.165, 1.54) is 0 Å². The Bertz CT molecular complexity index is 888. The lowest BCUT2D eigenvalue weighted by atomic mass is 10.2. The van der Waals surface area contributed by atoms with Crippen LogP contribution in [-0.4, -0.2) is 28.1 Å². The molecule has 0 saturated carbocycles. The summed E-state index contributed by atoms with van der Waals surface area (Å²) in [5, 5.41) is 8.55. The van der Waals surface area contributed by atoms with Gasteiger partial charge in [0.2, 0.25) is 3.79 Å². The van der Waals surface area contributed by atoms with Crippen molar-refractivity contribution in [1.29, 1.82) is 0 Å². The van der Waals surface area contributed by atoms with Crippen molar-refractivity contribution in [2.45, 2.75) is 9.96 Å². The Labute approximate surface area is 213 Å². The Kier molecular flexibility index (Phi) is 9.33. The second-order valence-electron chi connectivity index (χ2n) is 5.52. The van der Waals surface area contributed by atoms with Gasteiger partial charge in [-0.25, -0.2) is 0 Å². The van der Waals surface area contributed by atoms with Crippen LogP contribution >= 0.6 is 94.8 Å². The van der Waals surface area contributed by atoms with Gasteiger partial charge in [-0.1, -0.05) is 50.7 Å². The molecule has 0 bridgehead atoms. The third-order valence-corrected chi connectivity index (χ3v) is 6.13. The highest BCUT2D eigenvalue weighted by Gasteiger charge is 2.35. The number of hydrogen-bond donors (Lipinski definition) is 3. The quantitative estimate of drug-likeness (QED) is 0.196. The van der Waals surface area contributed by atoms with Gasteiger partial charge in [0.05, 0.1) is 12.8 Å².